The van der Waals surface area contributed by atoms with Crippen LogP contribution in [0.4, 0.5) is 9.93 Å². The van der Waals surface area contributed by atoms with Gasteiger partial charge in [0.1, 0.15) is 12.3 Å². The molecule has 3 rings (SSSR count). The van der Waals surface area contributed by atoms with Crippen molar-refractivity contribution in [3.05, 3.63) is 41.3 Å². The monoisotopic (exact) mass is 610 g/mol. The first-order valence-electron chi connectivity index (χ1n) is 14.0. The summed E-state index contributed by atoms with van der Waals surface area (Å²) in [6, 6.07) is 6.99. The highest BCUT2D eigenvalue weighted by Crippen LogP contribution is 2.32. The van der Waals surface area contributed by atoms with Gasteiger partial charge in [-0.05, 0) is 31.2 Å². The van der Waals surface area contributed by atoms with Crippen LogP contribution in [0.25, 0.3) is 0 Å². The molecule has 0 saturated carbocycles. The third-order valence-electron chi connectivity index (χ3n) is 7.54. The molecule has 0 bridgehead atoms. The largest absolute Gasteiger partial charge is 0.382 e. The Morgan fingerprint density at radius 2 is 1.85 bits per heavy atom. The van der Waals surface area contributed by atoms with Gasteiger partial charge in [-0.15, -0.1) is 11.3 Å². The van der Waals surface area contributed by atoms with Crippen LogP contribution in [0.2, 0.25) is 0 Å². The number of aliphatic hydroxyl groups excluding tert-OH is 1. The molecule has 1 aliphatic rings. The minimum absolute atomic E-state index is 0.0286. The zero-order valence-corrected chi connectivity index (χ0v) is 25.9. The van der Waals surface area contributed by atoms with Gasteiger partial charge < -0.3 is 25.2 Å². The highest BCUT2D eigenvalue weighted by molar-refractivity contribution is 7.91. The lowest BCUT2D eigenvalue weighted by Gasteiger charge is -2.35. The summed E-state index contributed by atoms with van der Waals surface area (Å²) in [5.41, 5.74) is 0.824. The molecule has 3 amide bonds. The van der Waals surface area contributed by atoms with Gasteiger partial charge in [0.2, 0.25) is 0 Å². The Labute approximate surface area is 246 Å². The summed E-state index contributed by atoms with van der Waals surface area (Å²) in [5.74, 6) is -1.09. The highest BCUT2D eigenvalue weighted by Gasteiger charge is 2.48. The van der Waals surface area contributed by atoms with Crippen LogP contribution in [-0.2, 0) is 24.1 Å². The number of nitrogens with zero attached hydrogens (tertiary/aromatic N) is 2. The topological polar surface area (TPSA) is 147 Å². The molecule has 2 heterocycles. The number of methoxy groups -OCH3 is 1. The van der Waals surface area contributed by atoms with Crippen LogP contribution in [0.3, 0.4) is 0 Å². The standard InChI is InChI=1S/C28H42N4O7S2/c1-6-20(14-13-18(3)39-16-15-38-5)23-26(34)32(28(35)30-23)24(19(4)21-11-9-8-10-12-21)25(33)31-27-29-22(17-40-27)41(36,37)7-2/h8-12,17-20,23-25,33H,6-7,13-16H2,1-5H3,(H,29,31)(H,30,35)/t18?,19-,20?,23+,24-,25?/m0/s1. The average molecular weight is 611 g/mol. The maximum Gasteiger partial charge on any atom is 0.325 e. The molecule has 1 aliphatic heterocycles. The fraction of sp³-hybridized carbons (Fsp3) is 0.607. The Kier molecular flexibility index (Phi) is 12.1. The molecular weight excluding hydrogens is 568 g/mol. The number of imide groups is 1. The molecule has 6 atom stereocenters. The molecule has 41 heavy (non-hydrogen) atoms. The van der Waals surface area contributed by atoms with Gasteiger partial charge in [-0.2, -0.15) is 0 Å². The second-order valence-corrected chi connectivity index (χ2v) is 13.3. The van der Waals surface area contributed by atoms with E-state index in [1.54, 1.807) is 7.11 Å². The minimum atomic E-state index is -3.53. The van der Waals surface area contributed by atoms with Crippen molar-refractivity contribution in [3.8, 4) is 0 Å². The number of carbonyl (C=O) groups excluding carboxylic acids is 2. The number of amides is 3. The predicted molar refractivity (Wildman–Crippen MR) is 158 cm³/mol. The molecule has 1 fully saturated rings. The van der Waals surface area contributed by atoms with E-state index >= 15 is 0 Å². The number of anilines is 1. The summed E-state index contributed by atoms with van der Waals surface area (Å²) in [6.45, 7) is 8.30. The Balaban J connectivity index is 1.83. The summed E-state index contributed by atoms with van der Waals surface area (Å²) in [7, 11) is -1.91. The van der Waals surface area contributed by atoms with E-state index in [9.17, 15) is 23.1 Å². The van der Waals surface area contributed by atoms with Crippen LogP contribution < -0.4 is 10.6 Å². The summed E-state index contributed by atoms with van der Waals surface area (Å²) in [4.78, 5) is 32.4. The number of thiazole rings is 1. The predicted octanol–water partition coefficient (Wildman–Crippen LogP) is 3.62. The summed E-state index contributed by atoms with van der Waals surface area (Å²) >= 11 is 1.03. The number of hydrogen-bond acceptors (Lipinski definition) is 10. The van der Waals surface area contributed by atoms with Gasteiger partial charge in [-0.25, -0.2) is 18.2 Å². The molecule has 13 heteroatoms. The molecule has 2 aromatic rings. The summed E-state index contributed by atoms with van der Waals surface area (Å²) in [6.07, 6.45) is 0.601. The van der Waals surface area contributed by atoms with Gasteiger partial charge in [0, 0.05) is 18.4 Å². The second-order valence-electron chi connectivity index (χ2n) is 10.2. The van der Waals surface area contributed by atoms with E-state index < -0.39 is 46.0 Å². The lowest BCUT2D eigenvalue weighted by molar-refractivity contribution is -0.132. The summed E-state index contributed by atoms with van der Waals surface area (Å²) < 4.78 is 35.3. The number of aromatic nitrogens is 1. The average Bonchev–Trinajstić information content (AvgIpc) is 3.55. The zero-order valence-electron chi connectivity index (χ0n) is 24.3. The number of carbonyl (C=O) groups is 2. The maximum absolute atomic E-state index is 13.8. The lowest BCUT2D eigenvalue weighted by Crippen LogP contribution is -2.53. The molecule has 0 aliphatic carbocycles. The SMILES string of the molecule is CCC(CCC(C)OCCOC)[C@H]1NC(=O)N([C@H](C(O)Nc2nc(S(=O)(=O)CC)cs2)[C@@H](C)c2ccccc2)C1=O. The zero-order chi connectivity index (χ0) is 30.2. The Morgan fingerprint density at radius 3 is 2.49 bits per heavy atom. The van der Waals surface area contributed by atoms with Gasteiger partial charge in [-0.1, -0.05) is 57.5 Å². The quantitative estimate of drug-likeness (QED) is 0.139. The van der Waals surface area contributed by atoms with Crippen molar-refractivity contribution >= 4 is 38.2 Å². The van der Waals surface area contributed by atoms with E-state index in [0.717, 1.165) is 21.8 Å². The second kappa shape index (κ2) is 15.1. The van der Waals surface area contributed by atoms with Crippen LogP contribution in [0.5, 0.6) is 0 Å². The Hall–Kier alpha value is -2.58. The van der Waals surface area contributed by atoms with Crippen molar-refractivity contribution in [2.45, 2.75) is 82.3 Å². The van der Waals surface area contributed by atoms with Gasteiger partial charge in [0.15, 0.2) is 20.0 Å². The molecule has 1 aromatic heterocycles. The molecule has 0 spiro atoms. The molecule has 0 radical (unpaired) electrons. The number of rotatable bonds is 17. The smallest absolute Gasteiger partial charge is 0.325 e. The number of urea groups is 1. The van der Waals surface area contributed by atoms with Crippen molar-refractivity contribution in [2.24, 2.45) is 5.92 Å². The third kappa shape index (κ3) is 8.25. The first kappa shape index (κ1) is 32.9. The van der Waals surface area contributed by atoms with Gasteiger partial charge >= 0.3 is 6.03 Å². The van der Waals surface area contributed by atoms with Crippen LogP contribution >= 0.6 is 11.3 Å². The van der Waals surface area contributed by atoms with Gasteiger partial charge in [-0.3, -0.25) is 9.69 Å². The number of hydrogen-bond donors (Lipinski definition) is 3. The van der Waals surface area contributed by atoms with Crippen molar-refractivity contribution in [1.82, 2.24) is 15.2 Å². The fourth-order valence-electron chi connectivity index (χ4n) is 5.01. The molecule has 1 saturated heterocycles. The Morgan fingerprint density at radius 1 is 1.15 bits per heavy atom. The Bertz CT molecular complexity index is 1240. The first-order chi connectivity index (χ1) is 19.5. The number of benzene rings is 1. The van der Waals surface area contributed by atoms with E-state index in [4.69, 9.17) is 9.47 Å². The normalized spacial score (nSPS) is 19.5. The van der Waals surface area contributed by atoms with E-state index in [1.165, 1.54) is 12.3 Å². The van der Waals surface area contributed by atoms with Crippen LogP contribution in [0.1, 0.15) is 58.4 Å². The fourth-order valence-corrected chi connectivity index (χ4v) is 6.93. The molecule has 3 N–H and O–H groups in total. The van der Waals surface area contributed by atoms with E-state index in [1.807, 2.05) is 51.1 Å². The van der Waals surface area contributed by atoms with Crippen LogP contribution in [0.15, 0.2) is 40.7 Å². The number of nitrogens with one attached hydrogen (secondary N) is 2. The molecule has 1 aromatic carbocycles. The van der Waals surface area contributed by atoms with Crippen molar-refractivity contribution < 1.29 is 32.6 Å². The maximum atomic E-state index is 13.8. The lowest BCUT2D eigenvalue weighted by atomic mass is 9.88. The molecule has 11 nitrogen and oxygen atoms in total. The van der Waals surface area contributed by atoms with E-state index in [2.05, 4.69) is 15.6 Å². The highest BCUT2D eigenvalue weighted by atomic mass is 32.2. The van der Waals surface area contributed by atoms with Gasteiger partial charge in [0.25, 0.3) is 5.91 Å². The van der Waals surface area contributed by atoms with Crippen molar-refractivity contribution in [2.75, 3.05) is 31.4 Å². The number of aliphatic hydroxyl groups is 1. The van der Waals surface area contributed by atoms with Crippen LogP contribution in [-0.4, -0.2) is 85.8 Å². The third-order valence-corrected chi connectivity index (χ3v) is 10.1. The number of ether oxygens (including phenoxy) is 2. The van der Waals surface area contributed by atoms with Crippen molar-refractivity contribution in [1.29, 1.82) is 0 Å². The van der Waals surface area contributed by atoms with Gasteiger partial charge in [0.05, 0.1) is 31.1 Å². The van der Waals surface area contributed by atoms with Crippen molar-refractivity contribution in [3.63, 3.8) is 0 Å². The summed E-state index contributed by atoms with van der Waals surface area (Å²) in [5, 5.41) is 18.6. The van der Waals surface area contributed by atoms with E-state index in [-0.39, 0.29) is 27.9 Å². The van der Waals surface area contributed by atoms with E-state index in [0.29, 0.717) is 32.5 Å². The number of sulfone groups is 1. The minimum Gasteiger partial charge on any atom is -0.382 e. The molecule has 3 unspecified atom stereocenters. The molecule has 228 valence electrons. The molecular formula is C28H42N4O7S2. The van der Waals surface area contributed by atoms with Crippen LogP contribution in [0, 0.1) is 5.92 Å². The first-order valence-corrected chi connectivity index (χ1v) is 16.5.